The number of hydrogen-bond donors (Lipinski definition) is 0. The maximum atomic E-state index is 13.0. The van der Waals surface area contributed by atoms with E-state index in [0.717, 1.165) is 23.2 Å². The highest BCUT2D eigenvalue weighted by atomic mass is 32.2. The smallest absolute Gasteiger partial charge is 0.248 e. The highest BCUT2D eigenvalue weighted by molar-refractivity contribution is 7.90. The van der Waals surface area contributed by atoms with Crippen LogP contribution in [-0.2, 0) is 26.5 Å². The number of hydrogen-bond acceptors (Lipinski definition) is 4. The number of aromatic nitrogens is 1. The molecule has 1 aliphatic heterocycles. The summed E-state index contributed by atoms with van der Waals surface area (Å²) in [6, 6.07) is 19.5. The van der Waals surface area contributed by atoms with Crippen LogP contribution >= 0.6 is 0 Å². The van der Waals surface area contributed by atoms with E-state index >= 15 is 0 Å². The number of nitrogens with zero attached hydrogens (tertiary/aromatic N) is 2. The molecule has 0 aliphatic carbocycles. The predicted octanol–water partition coefficient (Wildman–Crippen LogP) is 3.37. The highest BCUT2D eigenvalue weighted by Gasteiger charge is 2.31. The first-order valence-electron chi connectivity index (χ1n) is 9.90. The Morgan fingerprint density at radius 2 is 1.33 bits per heavy atom. The zero-order chi connectivity index (χ0) is 21.2. The van der Waals surface area contributed by atoms with E-state index in [4.69, 9.17) is 0 Å². The van der Waals surface area contributed by atoms with Crippen molar-refractivity contribution in [1.82, 2.24) is 8.28 Å². The van der Waals surface area contributed by atoms with Crippen LogP contribution in [0.25, 0.3) is 0 Å². The van der Waals surface area contributed by atoms with Gasteiger partial charge in [0, 0.05) is 25.5 Å². The summed E-state index contributed by atoms with van der Waals surface area (Å²) >= 11 is 0. The van der Waals surface area contributed by atoms with Gasteiger partial charge in [0.15, 0.2) is 0 Å². The molecule has 4 rings (SSSR count). The second-order valence-electron chi connectivity index (χ2n) is 7.53. The first-order chi connectivity index (χ1) is 14.4. The van der Waals surface area contributed by atoms with Gasteiger partial charge in [0.25, 0.3) is 10.0 Å². The van der Waals surface area contributed by atoms with Crippen LogP contribution in [0.5, 0.6) is 0 Å². The van der Waals surface area contributed by atoms with E-state index in [2.05, 4.69) is 12.1 Å². The van der Waals surface area contributed by atoms with Gasteiger partial charge in [-0.1, -0.05) is 48.5 Å². The van der Waals surface area contributed by atoms with Crippen molar-refractivity contribution in [3.8, 4) is 0 Å². The zero-order valence-corrected chi connectivity index (χ0v) is 18.1. The molecule has 0 amide bonds. The van der Waals surface area contributed by atoms with Crippen LogP contribution in [0.15, 0.2) is 88.9 Å². The van der Waals surface area contributed by atoms with Crippen LogP contribution < -0.4 is 0 Å². The summed E-state index contributed by atoms with van der Waals surface area (Å²) in [7, 11) is -7.55. The minimum absolute atomic E-state index is 0.00326. The summed E-state index contributed by atoms with van der Waals surface area (Å²) in [5.74, 6) is 0.446. The Balaban J connectivity index is 1.46. The molecule has 0 bridgehead atoms. The molecule has 0 saturated carbocycles. The van der Waals surface area contributed by atoms with Crippen LogP contribution in [0.3, 0.4) is 0 Å². The largest absolute Gasteiger partial charge is 0.267 e. The van der Waals surface area contributed by atoms with E-state index in [9.17, 15) is 16.8 Å². The fraction of sp³-hybridized carbons (Fsp3) is 0.273. The molecule has 0 N–H and O–H groups in total. The summed E-state index contributed by atoms with van der Waals surface area (Å²) in [5.41, 5.74) is 1.27. The summed E-state index contributed by atoms with van der Waals surface area (Å²) in [5, 5.41) is 0. The third-order valence-corrected chi connectivity index (χ3v) is 9.07. The van der Waals surface area contributed by atoms with Crippen LogP contribution in [0.1, 0.15) is 18.4 Å². The lowest BCUT2D eigenvalue weighted by Gasteiger charge is -2.31. The lowest BCUT2D eigenvalue weighted by Crippen LogP contribution is -2.38. The van der Waals surface area contributed by atoms with Crippen molar-refractivity contribution < 1.29 is 16.8 Å². The molecule has 1 saturated heterocycles. The van der Waals surface area contributed by atoms with E-state index < -0.39 is 20.0 Å². The number of sulfonamides is 1. The van der Waals surface area contributed by atoms with Crippen LogP contribution in [0.2, 0.25) is 0 Å². The maximum absolute atomic E-state index is 13.0. The predicted molar refractivity (Wildman–Crippen MR) is 115 cm³/mol. The lowest BCUT2D eigenvalue weighted by atomic mass is 9.91. The monoisotopic (exact) mass is 444 g/mol. The summed E-state index contributed by atoms with van der Waals surface area (Å²) in [6.45, 7) is 0.882. The van der Waals surface area contributed by atoms with E-state index in [0.29, 0.717) is 19.0 Å². The molecule has 0 atom stereocenters. The molecule has 0 spiro atoms. The van der Waals surface area contributed by atoms with E-state index in [1.54, 1.807) is 18.2 Å². The molecule has 1 aliphatic rings. The van der Waals surface area contributed by atoms with Gasteiger partial charge in [-0.05, 0) is 48.9 Å². The van der Waals surface area contributed by atoms with Crippen LogP contribution in [0, 0.1) is 5.92 Å². The normalized spacial score (nSPS) is 16.5. The average molecular weight is 445 g/mol. The molecule has 8 heteroatoms. The third kappa shape index (κ3) is 4.21. The molecule has 158 valence electrons. The van der Waals surface area contributed by atoms with Gasteiger partial charge in [0.05, 0.1) is 4.90 Å². The van der Waals surface area contributed by atoms with Crippen molar-refractivity contribution in [2.24, 2.45) is 5.92 Å². The molecule has 0 unspecified atom stereocenters. The first kappa shape index (κ1) is 20.8. The quantitative estimate of drug-likeness (QED) is 0.584. The molecule has 3 aromatic rings. The fourth-order valence-corrected chi connectivity index (χ4v) is 6.58. The molecule has 6 nitrogen and oxygen atoms in total. The van der Waals surface area contributed by atoms with Gasteiger partial charge in [-0.3, -0.25) is 0 Å². The molecule has 1 fully saturated rings. The van der Waals surface area contributed by atoms with Crippen molar-refractivity contribution >= 4 is 20.0 Å². The minimum Gasteiger partial charge on any atom is -0.248 e. The Hall–Kier alpha value is -2.42. The lowest BCUT2D eigenvalue weighted by molar-refractivity contribution is 0.273. The Morgan fingerprint density at radius 3 is 1.97 bits per heavy atom. The summed E-state index contributed by atoms with van der Waals surface area (Å²) in [4.78, 5) is 0.120. The fourth-order valence-electron chi connectivity index (χ4n) is 3.82. The summed E-state index contributed by atoms with van der Waals surface area (Å²) in [6.07, 6.45) is 5.00. The van der Waals surface area contributed by atoms with Crippen molar-refractivity contribution in [3.05, 3.63) is 84.7 Å². The maximum Gasteiger partial charge on any atom is 0.267 e. The molecular formula is C22H24N2O4S2. The van der Waals surface area contributed by atoms with Gasteiger partial charge in [0.1, 0.15) is 4.90 Å². The van der Waals surface area contributed by atoms with Gasteiger partial charge in [-0.25, -0.2) is 20.8 Å². The third-order valence-electron chi connectivity index (χ3n) is 5.54. The molecule has 2 aromatic carbocycles. The zero-order valence-electron chi connectivity index (χ0n) is 16.5. The van der Waals surface area contributed by atoms with Gasteiger partial charge >= 0.3 is 0 Å². The van der Waals surface area contributed by atoms with Crippen molar-refractivity contribution in [3.63, 3.8) is 0 Å². The standard InChI is InChI=1S/C22H24N2O4S2/c25-29(26,21-9-5-2-6-10-21)24-16-13-22(18-24)30(27,28)23-14-11-20(12-15-23)17-19-7-3-1-4-8-19/h1-10,13,16,18,20H,11-12,14-15,17H2. The topological polar surface area (TPSA) is 76.5 Å². The van der Waals surface area contributed by atoms with E-state index in [-0.39, 0.29) is 9.79 Å². The Morgan fingerprint density at radius 1 is 0.733 bits per heavy atom. The molecule has 1 aromatic heterocycles. The number of benzene rings is 2. The van der Waals surface area contributed by atoms with Gasteiger partial charge < -0.3 is 0 Å². The average Bonchev–Trinajstić information content (AvgIpc) is 3.28. The Labute approximate surface area is 177 Å². The second kappa shape index (κ2) is 8.37. The second-order valence-corrected chi connectivity index (χ2v) is 11.3. The Kier molecular flexibility index (Phi) is 5.81. The molecule has 0 radical (unpaired) electrons. The van der Waals surface area contributed by atoms with E-state index in [1.165, 1.54) is 40.5 Å². The van der Waals surface area contributed by atoms with Crippen molar-refractivity contribution in [2.45, 2.75) is 29.1 Å². The van der Waals surface area contributed by atoms with Gasteiger partial charge in [-0.2, -0.15) is 4.31 Å². The summed E-state index contributed by atoms with van der Waals surface area (Å²) < 4.78 is 54.0. The molecular weight excluding hydrogens is 420 g/mol. The highest BCUT2D eigenvalue weighted by Crippen LogP contribution is 2.27. The number of rotatable bonds is 6. The minimum atomic E-state index is -3.82. The van der Waals surface area contributed by atoms with Crippen LogP contribution in [-0.4, -0.2) is 38.2 Å². The van der Waals surface area contributed by atoms with Crippen molar-refractivity contribution in [1.29, 1.82) is 0 Å². The van der Waals surface area contributed by atoms with Crippen molar-refractivity contribution in [2.75, 3.05) is 13.1 Å². The Bertz CT molecular complexity index is 1200. The SMILES string of the molecule is O=S(=O)(c1ccn(S(=O)(=O)c2ccccc2)c1)N1CCC(Cc2ccccc2)CC1. The van der Waals surface area contributed by atoms with Gasteiger partial charge in [-0.15, -0.1) is 0 Å². The molecule has 2 heterocycles. The number of piperidine rings is 1. The first-order valence-corrected chi connectivity index (χ1v) is 12.8. The van der Waals surface area contributed by atoms with Gasteiger partial charge in [0.2, 0.25) is 10.0 Å². The molecule has 30 heavy (non-hydrogen) atoms. The van der Waals surface area contributed by atoms with Crippen LogP contribution in [0.4, 0.5) is 0 Å². The van der Waals surface area contributed by atoms with E-state index in [1.807, 2.05) is 18.2 Å².